The van der Waals surface area contributed by atoms with Crippen LogP contribution in [0.4, 0.5) is 19.1 Å². The van der Waals surface area contributed by atoms with Crippen molar-refractivity contribution in [2.45, 2.75) is 37.6 Å². The third-order valence-electron chi connectivity index (χ3n) is 5.62. The second-order valence-corrected chi connectivity index (χ2v) is 8.15. The van der Waals surface area contributed by atoms with E-state index < -0.39 is 36.6 Å². The third-order valence-corrected chi connectivity index (χ3v) is 5.62. The van der Waals surface area contributed by atoms with E-state index in [1.165, 1.54) is 0 Å². The van der Waals surface area contributed by atoms with Crippen molar-refractivity contribution in [2.24, 2.45) is 0 Å². The molecule has 1 aromatic heterocycles. The number of carbonyl (C=O) groups is 2. The molecule has 0 saturated heterocycles. The lowest BCUT2D eigenvalue weighted by molar-refractivity contribution is -0.181. The molecule has 0 saturated carbocycles. The lowest BCUT2D eigenvalue weighted by Gasteiger charge is -2.34. The number of ether oxygens (including phenoxy) is 1. The van der Waals surface area contributed by atoms with Crippen molar-refractivity contribution in [3.05, 3.63) is 47.3 Å². The second-order valence-electron chi connectivity index (χ2n) is 8.15. The molecule has 3 heterocycles. The molecule has 2 aromatic rings. The van der Waals surface area contributed by atoms with E-state index in [2.05, 4.69) is 15.7 Å². The summed E-state index contributed by atoms with van der Waals surface area (Å²) in [6.45, 7) is -0.431. The van der Waals surface area contributed by atoms with E-state index in [-0.39, 0.29) is 26.0 Å². The molecule has 0 bridgehead atoms. The van der Waals surface area contributed by atoms with Crippen LogP contribution < -0.4 is 10.7 Å². The van der Waals surface area contributed by atoms with Gasteiger partial charge in [-0.2, -0.15) is 13.2 Å². The normalized spacial score (nSPS) is 20.3. The number of carboxylic acids is 1. The summed E-state index contributed by atoms with van der Waals surface area (Å²) in [5, 5.41) is 12.6. The number of nitrogens with one attached hydrogen (secondary N) is 2. The van der Waals surface area contributed by atoms with Gasteiger partial charge in [0, 0.05) is 32.5 Å². The van der Waals surface area contributed by atoms with Crippen molar-refractivity contribution >= 4 is 17.8 Å². The first-order valence-corrected chi connectivity index (χ1v) is 10.5. The number of imidazole rings is 1. The Balaban J connectivity index is 1.60. The Morgan fingerprint density at radius 2 is 2.00 bits per heavy atom. The van der Waals surface area contributed by atoms with E-state index in [1.807, 2.05) is 0 Å². The molecule has 1 atom stereocenters. The number of hydrogen-bond donors (Lipinski definition) is 3. The molecule has 0 aliphatic carbocycles. The number of carbonyl (C=O) groups excluding carboxylic acids is 1. The van der Waals surface area contributed by atoms with Gasteiger partial charge in [0.25, 0.3) is 5.91 Å². The van der Waals surface area contributed by atoms with E-state index in [0.717, 1.165) is 0 Å². The summed E-state index contributed by atoms with van der Waals surface area (Å²) in [5.41, 5.74) is 2.91. The van der Waals surface area contributed by atoms with Crippen LogP contribution in [0.2, 0.25) is 0 Å². The number of amides is 1. The number of fused-ring (bicyclic) bond motifs is 2. The third kappa shape index (κ3) is 5.21. The van der Waals surface area contributed by atoms with Crippen molar-refractivity contribution in [1.82, 2.24) is 14.6 Å². The first-order valence-electron chi connectivity index (χ1n) is 10.5. The van der Waals surface area contributed by atoms with Gasteiger partial charge in [-0.3, -0.25) is 9.59 Å². The van der Waals surface area contributed by atoms with Gasteiger partial charge < -0.3 is 25.5 Å². The number of halogens is 3. The summed E-state index contributed by atoms with van der Waals surface area (Å²) in [7, 11) is 0. The number of rotatable bonds is 7. The van der Waals surface area contributed by atoms with Crippen molar-refractivity contribution < 1.29 is 32.6 Å². The zero-order valence-electron chi connectivity index (χ0n) is 17.7. The molecule has 3 N–H and O–H groups in total. The van der Waals surface area contributed by atoms with Crippen LogP contribution in [0.1, 0.15) is 23.2 Å². The highest BCUT2D eigenvalue weighted by Crippen LogP contribution is 2.33. The molecule has 4 rings (SSSR count). The van der Waals surface area contributed by atoms with Crippen molar-refractivity contribution in [3.63, 3.8) is 0 Å². The summed E-state index contributed by atoms with van der Waals surface area (Å²) in [5.74, 6) is -1.70. The molecule has 12 heteroatoms. The first kappa shape index (κ1) is 22.9. The minimum Gasteiger partial charge on any atom is -0.481 e. The number of nitrogens with zero attached hydrogens (tertiary/aromatic N) is 3. The van der Waals surface area contributed by atoms with Crippen LogP contribution in [0.25, 0.3) is 0 Å². The van der Waals surface area contributed by atoms with E-state index in [9.17, 15) is 27.9 Å². The van der Waals surface area contributed by atoms with E-state index >= 15 is 0 Å². The fourth-order valence-corrected chi connectivity index (χ4v) is 4.22. The summed E-state index contributed by atoms with van der Waals surface area (Å²) >= 11 is 0. The summed E-state index contributed by atoms with van der Waals surface area (Å²) in [6.07, 6.45) is -3.53. The molecule has 0 fully saturated rings. The van der Waals surface area contributed by atoms with Gasteiger partial charge in [0.05, 0.1) is 24.9 Å². The Morgan fingerprint density at radius 1 is 1.24 bits per heavy atom. The standard InChI is InChI=1S/C21H24F3N5O4/c22-21(23,24)13-28-11-15-4-2-1-3-14(15)9-20(18(28)32,10-17(30)31)33-8-5-16-12-29-19(27-16)25-6-7-26-29/h1-4,12,26H,5-11,13H2,(H,25,27)(H,30,31)/t20-/m0/s1. The van der Waals surface area contributed by atoms with Gasteiger partial charge in [0.1, 0.15) is 6.54 Å². The van der Waals surface area contributed by atoms with Gasteiger partial charge in [0.2, 0.25) is 5.95 Å². The number of benzene rings is 1. The zero-order chi connectivity index (χ0) is 23.6. The van der Waals surface area contributed by atoms with E-state index in [1.54, 1.807) is 35.1 Å². The molecule has 178 valence electrons. The summed E-state index contributed by atoms with van der Waals surface area (Å²) in [6, 6.07) is 6.69. The Hall–Kier alpha value is -3.28. The van der Waals surface area contributed by atoms with Gasteiger partial charge in [-0.15, -0.1) is 0 Å². The SMILES string of the molecule is O=C(O)C[C@@]1(OCCc2cn3c(n2)NCCN3)Cc2ccccc2CN(CC(F)(F)F)C1=O. The Labute approximate surface area is 187 Å². The molecule has 33 heavy (non-hydrogen) atoms. The van der Waals surface area contributed by atoms with Crippen LogP contribution in [0.3, 0.4) is 0 Å². The smallest absolute Gasteiger partial charge is 0.406 e. The fraction of sp³-hybridized carbons (Fsp3) is 0.476. The topological polar surface area (TPSA) is 109 Å². The zero-order valence-corrected chi connectivity index (χ0v) is 17.7. The number of alkyl halides is 3. The highest BCUT2D eigenvalue weighted by atomic mass is 19.4. The molecule has 9 nitrogen and oxygen atoms in total. The molecular formula is C21H24F3N5O4. The maximum atomic E-state index is 13.3. The Kier molecular flexibility index (Phi) is 6.19. The number of hydrogen-bond acceptors (Lipinski definition) is 6. The monoisotopic (exact) mass is 467 g/mol. The van der Waals surface area contributed by atoms with Gasteiger partial charge in [0.15, 0.2) is 5.60 Å². The number of anilines is 1. The fourth-order valence-electron chi connectivity index (χ4n) is 4.22. The van der Waals surface area contributed by atoms with Crippen molar-refractivity contribution in [2.75, 3.05) is 37.0 Å². The lowest BCUT2D eigenvalue weighted by Crippen LogP contribution is -2.54. The van der Waals surface area contributed by atoms with Crippen molar-refractivity contribution in [3.8, 4) is 0 Å². The van der Waals surface area contributed by atoms with Crippen LogP contribution in [-0.2, 0) is 33.7 Å². The van der Waals surface area contributed by atoms with Gasteiger partial charge in [-0.1, -0.05) is 24.3 Å². The first-order chi connectivity index (χ1) is 15.7. The number of carboxylic acid groups (broad SMARTS) is 1. The van der Waals surface area contributed by atoms with E-state index in [4.69, 9.17) is 4.74 Å². The van der Waals surface area contributed by atoms with Crippen LogP contribution in [0.15, 0.2) is 30.5 Å². The predicted octanol–water partition coefficient (Wildman–Crippen LogP) is 1.77. The molecule has 0 spiro atoms. The maximum Gasteiger partial charge on any atom is 0.406 e. The predicted molar refractivity (Wildman–Crippen MR) is 111 cm³/mol. The highest BCUT2D eigenvalue weighted by molar-refractivity contribution is 5.90. The Morgan fingerprint density at radius 3 is 2.70 bits per heavy atom. The quantitative estimate of drug-likeness (QED) is 0.570. The molecule has 1 amide bonds. The van der Waals surface area contributed by atoms with Crippen LogP contribution >= 0.6 is 0 Å². The molecule has 1 aromatic carbocycles. The van der Waals surface area contributed by atoms with Gasteiger partial charge in [-0.25, -0.2) is 9.66 Å². The maximum absolute atomic E-state index is 13.3. The number of aromatic nitrogens is 2. The minimum absolute atomic E-state index is 0.0858. The lowest BCUT2D eigenvalue weighted by atomic mass is 9.89. The minimum atomic E-state index is -4.64. The summed E-state index contributed by atoms with van der Waals surface area (Å²) < 4.78 is 47.3. The molecular weight excluding hydrogens is 443 g/mol. The molecule has 0 radical (unpaired) electrons. The number of aliphatic carboxylic acids is 1. The second kappa shape index (κ2) is 8.93. The van der Waals surface area contributed by atoms with Crippen LogP contribution in [-0.4, -0.2) is 69.6 Å². The molecule has 2 aliphatic rings. The summed E-state index contributed by atoms with van der Waals surface area (Å²) in [4.78, 5) is 30.1. The largest absolute Gasteiger partial charge is 0.481 e. The van der Waals surface area contributed by atoms with Gasteiger partial charge >= 0.3 is 12.1 Å². The highest BCUT2D eigenvalue weighted by Gasteiger charge is 2.49. The van der Waals surface area contributed by atoms with Gasteiger partial charge in [-0.05, 0) is 11.1 Å². The van der Waals surface area contributed by atoms with Crippen molar-refractivity contribution in [1.29, 1.82) is 0 Å². The molecule has 2 aliphatic heterocycles. The van der Waals surface area contributed by atoms with Crippen LogP contribution in [0, 0.1) is 0 Å². The van der Waals surface area contributed by atoms with Crippen LogP contribution in [0.5, 0.6) is 0 Å². The Bertz CT molecular complexity index is 1020. The molecule has 0 unspecified atom stereocenters. The van der Waals surface area contributed by atoms with E-state index in [0.29, 0.717) is 40.8 Å². The average molecular weight is 467 g/mol. The average Bonchev–Trinajstić information content (AvgIpc) is 3.11.